The second-order valence-corrected chi connectivity index (χ2v) is 15.3. The number of thioether (sulfide) groups is 1. The van der Waals surface area contributed by atoms with Crippen LogP contribution in [-0.2, 0) is 21.8 Å². The quantitative estimate of drug-likeness (QED) is 0.110. The molecule has 5 nitrogen and oxygen atoms in total. The van der Waals surface area contributed by atoms with E-state index in [9.17, 15) is 8.42 Å². The number of sulfone groups is 1. The molecule has 6 rings (SSSR count). The lowest BCUT2D eigenvalue weighted by molar-refractivity contribution is 0.202. The molecule has 1 aliphatic rings. The molecule has 1 N–H and O–H groups in total. The summed E-state index contributed by atoms with van der Waals surface area (Å²) in [6.45, 7) is 1.81. The van der Waals surface area contributed by atoms with Gasteiger partial charge in [0.05, 0.1) is 5.54 Å². The molecule has 0 aliphatic carbocycles. The summed E-state index contributed by atoms with van der Waals surface area (Å²) in [5, 5.41) is 5.20. The second-order valence-electron chi connectivity index (χ2n) is 10.8. The zero-order valence-corrected chi connectivity index (χ0v) is 26.9. The van der Waals surface area contributed by atoms with Gasteiger partial charge in [-0.05, 0) is 52.3 Å². The number of hydrogen-bond acceptors (Lipinski definition) is 7. The van der Waals surface area contributed by atoms with Crippen LogP contribution in [0.2, 0.25) is 0 Å². The molecule has 2 heterocycles. The molecule has 0 spiro atoms. The van der Waals surface area contributed by atoms with Crippen LogP contribution in [-0.4, -0.2) is 50.0 Å². The fourth-order valence-corrected chi connectivity index (χ4v) is 9.44. The lowest BCUT2D eigenvalue weighted by Gasteiger charge is -2.43. The highest BCUT2D eigenvalue weighted by Crippen LogP contribution is 2.46. The van der Waals surface area contributed by atoms with E-state index in [0.29, 0.717) is 22.6 Å². The molecule has 0 radical (unpaired) electrons. The van der Waals surface area contributed by atoms with Crippen molar-refractivity contribution in [3.63, 3.8) is 0 Å². The summed E-state index contributed by atoms with van der Waals surface area (Å²) in [6.07, 6.45) is 0.970. The number of hydrogen-bond donors (Lipinski definition) is 1. The van der Waals surface area contributed by atoms with Crippen LogP contribution in [0.5, 0.6) is 5.75 Å². The summed E-state index contributed by atoms with van der Waals surface area (Å²) in [5.41, 5.74) is 4.72. The smallest absolute Gasteiger partial charge is 0.200 e. The lowest BCUT2D eigenvalue weighted by atomic mass is 9.75. The molecule has 1 atom stereocenters. The van der Waals surface area contributed by atoms with Crippen LogP contribution in [0, 0.1) is 0 Å². The van der Waals surface area contributed by atoms with Gasteiger partial charge in [0.15, 0.2) is 0 Å². The Bertz CT molecular complexity index is 1600. The summed E-state index contributed by atoms with van der Waals surface area (Å²) in [4.78, 5) is 2.64. The number of ether oxygens (including phenoxy) is 1. The van der Waals surface area contributed by atoms with Crippen LogP contribution in [0.15, 0.2) is 137 Å². The maximum Gasteiger partial charge on any atom is 0.200 e. The average molecular weight is 641 g/mol. The minimum atomic E-state index is -3.29. The second kappa shape index (κ2) is 14.1. The van der Waals surface area contributed by atoms with Gasteiger partial charge in [-0.1, -0.05) is 109 Å². The zero-order valence-electron chi connectivity index (χ0n) is 24.4. The largest absolute Gasteiger partial charge is 0.492 e. The van der Waals surface area contributed by atoms with Crippen LogP contribution < -0.4 is 10.1 Å². The fourth-order valence-electron chi connectivity index (χ4n) is 5.93. The summed E-state index contributed by atoms with van der Waals surface area (Å²) >= 11 is 3.26. The first-order valence-electron chi connectivity index (χ1n) is 14.8. The predicted octanol–water partition coefficient (Wildman–Crippen LogP) is 7.06. The molecule has 8 heteroatoms. The van der Waals surface area contributed by atoms with Crippen molar-refractivity contribution < 1.29 is 13.2 Å². The maximum absolute atomic E-state index is 12.3. The van der Waals surface area contributed by atoms with E-state index < -0.39 is 9.84 Å². The summed E-state index contributed by atoms with van der Waals surface area (Å²) in [5.74, 6) is 1.62. The van der Waals surface area contributed by atoms with Crippen molar-refractivity contribution in [3.05, 3.63) is 155 Å². The lowest BCUT2D eigenvalue weighted by Crippen LogP contribution is -2.47. The van der Waals surface area contributed by atoms with Gasteiger partial charge in [-0.3, -0.25) is 10.2 Å². The van der Waals surface area contributed by atoms with E-state index >= 15 is 0 Å². The first-order valence-corrected chi connectivity index (χ1v) is 18.4. The average Bonchev–Trinajstić information content (AvgIpc) is 3.78. The number of benzene rings is 4. The van der Waals surface area contributed by atoms with Gasteiger partial charge in [-0.2, -0.15) is 0 Å². The van der Waals surface area contributed by atoms with Gasteiger partial charge in [0.2, 0.25) is 9.84 Å². The molecule has 0 saturated carbocycles. The minimum Gasteiger partial charge on any atom is -0.492 e. The minimum absolute atomic E-state index is 0.0913. The predicted molar refractivity (Wildman–Crippen MR) is 182 cm³/mol. The van der Waals surface area contributed by atoms with E-state index in [1.54, 1.807) is 17.5 Å². The molecule has 1 aliphatic heterocycles. The highest BCUT2D eigenvalue weighted by Gasteiger charge is 2.45. The zero-order chi connectivity index (χ0) is 30.2. The third-order valence-corrected chi connectivity index (χ3v) is 12.3. The third kappa shape index (κ3) is 6.80. The van der Waals surface area contributed by atoms with Gasteiger partial charge in [-0.25, -0.2) is 8.42 Å². The Morgan fingerprint density at radius 2 is 1.36 bits per heavy atom. The number of rotatable bonds is 13. The number of nitrogens with one attached hydrogen (secondary N) is 1. The molecular weight excluding hydrogens is 605 g/mol. The fraction of sp³-hybridized carbons (Fsp3) is 0.222. The number of nitrogens with zero attached hydrogens (tertiary/aromatic N) is 1. The molecule has 0 amide bonds. The monoisotopic (exact) mass is 640 g/mol. The summed E-state index contributed by atoms with van der Waals surface area (Å²) in [7, 11) is -3.29. The molecular formula is C36H36N2O3S3. The van der Waals surface area contributed by atoms with Crippen LogP contribution in [0.4, 0.5) is 0 Å². The molecule has 1 unspecified atom stereocenters. The molecule has 5 aromatic rings. The van der Waals surface area contributed by atoms with Gasteiger partial charge in [-0.15, -0.1) is 23.1 Å². The summed E-state index contributed by atoms with van der Waals surface area (Å²) in [6, 6.07) is 44.4. The maximum atomic E-state index is 12.3. The molecule has 4 aromatic carbocycles. The molecule has 44 heavy (non-hydrogen) atoms. The standard InChI is InChI=1S/C36H36N2O3S3/c39-44(40,35-17-10-24-42-35)27-37-22-23-41-33-20-18-29(19-21-33)25-34-26-38(28-43-34)36(30-11-4-1-5-12-30,31-13-6-2-7-14-31)32-15-8-3-9-16-32/h1-21,24,34,37H,22-23,25-28H2. The van der Waals surface area contributed by atoms with Crippen molar-refractivity contribution in [3.8, 4) is 5.75 Å². The van der Waals surface area contributed by atoms with Crippen LogP contribution in [0.25, 0.3) is 0 Å². The van der Waals surface area contributed by atoms with Gasteiger partial charge < -0.3 is 4.74 Å². The van der Waals surface area contributed by atoms with Crippen LogP contribution in [0.3, 0.4) is 0 Å². The third-order valence-electron chi connectivity index (χ3n) is 7.97. The van der Waals surface area contributed by atoms with Crippen molar-refractivity contribution in [2.45, 2.75) is 21.4 Å². The van der Waals surface area contributed by atoms with Gasteiger partial charge in [0.1, 0.15) is 22.4 Å². The Hall–Kier alpha value is -3.40. The normalized spacial score (nSPS) is 15.8. The van der Waals surface area contributed by atoms with Gasteiger partial charge >= 0.3 is 0 Å². The number of thiophene rings is 1. The highest BCUT2D eigenvalue weighted by molar-refractivity contribution is 8.00. The van der Waals surface area contributed by atoms with Gasteiger partial charge in [0, 0.05) is 24.2 Å². The Kier molecular flexibility index (Phi) is 9.84. The van der Waals surface area contributed by atoms with Crippen LogP contribution >= 0.6 is 23.1 Å². The van der Waals surface area contributed by atoms with Crippen molar-refractivity contribution in [2.24, 2.45) is 0 Å². The first-order chi connectivity index (χ1) is 21.6. The Balaban J connectivity index is 1.10. The van der Waals surface area contributed by atoms with Crippen molar-refractivity contribution in [1.29, 1.82) is 0 Å². The Labute approximate surface area is 268 Å². The van der Waals surface area contributed by atoms with Gasteiger partial charge in [0.25, 0.3) is 0 Å². The van der Waals surface area contributed by atoms with E-state index in [4.69, 9.17) is 4.74 Å². The topological polar surface area (TPSA) is 58.6 Å². The highest BCUT2D eigenvalue weighted by atomic mass is 32.2. The molecule has 226 valence electrons. The molecule has 1 aromatic heterocycles. The van der Waals surface area contributed by atoms with E-state index in [1.165, 1.54) is 33.6 Å². The van der Waals surface area contributed by atoms with E-state index in [0.717, 1.165) is 24.6 Å². The molecule has 1 saturated heterocycles. The van der Waals surface area contributed by atoms with E-state index in [1.807, 2.05) is 23.9 Å². The molecule has 1 fully saturated rings. The SMILES string of the molecule is O=S(=O)(CNCCOc1ccc(CC2CN(C(c3ccccc3)(c3ccccc3)c3ccccc3)CS2)cc1)c1cccs1. The van der Waals surface area contributed by atoms with Crippen molar-refractivity contribution in [2.75, 3.05) is 31.4 Å². The Morgan fingerprint density at radius 1 is 0.773 bits per heavy atom. The van der Waals surface area contributed by atoms with E-state index in [2.05, 4.69) is 113 Å². The molecule has 0 bridgehead atoms. The van der Waals surface area contributed by atoms with Crippen molar-refractivity contribution in [1.82, 2.24) is 10.2 Å². The van der Waals surface area contributed by atoms with Crippen molar-refractivity contribution >= 4 is 32.9 Å². The van der Waals surface area contributed by atoms with Crippen LogP contribution in [0.1, 0.15) is 22.3 Å². The first kappa shape index (κ1) is 30.6. The van der Waals surface area contributed by atoms with E-state index in [-0.39, 0.29) is 11.4 Å². The Morgan fingerprint density at radius 3 is 1.91 bits per heavy atom. The summed E-state index contributed by atoms with van der Waals surface area (Å²) < 4.78 is 30.9.